The number of hydrogen-bond donors (Lipinski definition) is 3. The number of benzene rings is 1. The number of carboxylic acid groups (broad SMARTS) is 1. The van der Waals surface area contributed by atoms with Gasteiger partial charge in [0.15, 0.2) is 6.10 Å². The maximum absolute atomic E-state index is 12.2. The van der Waals surface area contributed by atoms with Crippen molar-refractivity contribution >= 4 is 5.97 Å². The molecule has 0 aliphatic rings. The van der Waals surface area contributed by atoms with Crippen LogP contribution in [0, 0.1) is 0 Å². The van der Waals surface area contributed by atoms with Gasteiger partial charge >= 0.3 is 12.1 Å². The van der Waals surface area contributed by atoms with Gasteiger partial charge in [-0.1, -0.05) is 12.1 Å². The number of carbonyl (C=O) groups is 1. The molecule has 4 nitrogen and oxygen atoms in total. The minimum atomic E-state index is -4.46. The Labute approximate surface area is 94.5 Å². The van der Waals surface area contributed by atoms with Gasteiger partial charge in [-0.3, -0.25) is 0 Å². The Morgan fingerprint density at radius 1 is 1.24 bits per heavy atom. The molecule has 1 aromatic rings. The van der Waals surface area contributed by atoms with Gasteiger partial charge in [-0.25, -0.2) is 4.79 Å². The molecule has 7 heteroatoms. The van der Waals surface area contributed by atoms with Crippen molar-refractivity contribution in [3.8, 4) is 0 Å². The molecule has 1 aromatic carbocycles. The van der Waals surface area contributed by atoms with Crippen molar-refractivity contribution in [1.29, 1.82) is 0 Å². The van der Waals surface area contributed by atoms with Gasteiger partial charge in [-0.15, -0.1) is 0 Å². The molecule has 0 heterocycles. The number of aliphatic hydroxyl groups is 1. The molecule has 0 saturated carbocycles. The minimum absolute atomic E-state index is 0.118. The molecule has 0 aliphatic carbocycles. The van der Waals surface area contributed by atoms with Crippen molar-refractivity contribution in [3.05, 3.63) is 35.4 Å². The van der Waals surface area contributed by atoms with Gasteiger partial charge < -0.3 is 15.9 Å². The SMILES string of the molecule is NC(c1ccc(C(F)(F)F)cc1)C(O)C(=O)O. The molecule has 0 aromatic heterocycles. The summed E-state index contributed by atoms with van der Waals surface area (Å²) in [6.07, 6.45) is -6.32. The maximum atomic E-state index is 12.2. The molecule has 4 N–H and O–H groups in total. The zero-order valence-corrected chi connectivity index (χ0v) is 8.48. The lowest BCUT2D eigenvalue weighted by Gasteiger charge is -2.16. The quantitative estimate of drug-likeness (QED) is 0.750. The average Bonchev–Trinajstić information content (AvgIpc) is 2.26. The summed E-state index contributed by atoms with van der Waals surface area (Å²) in [5, 5.41) is 17.6. The van der Waals surface area contributed by atoms with Crippen LogP contribution in [0.2, 0.25) is 0 Å². The first-order chi connectivity index (χ1) is 7.73. The third-order valence-corrected chi connectivity index (χ3v) is 2.22. The van der Waals surface area contributed by atoms with Crippen LogP contribution < -0.4 is 5.73 Å². The predicted octanol–water partition coefficient (Wildman–Crippen LogP) is 1.15. The first kappa shape index (κ1) is 13.5. The van der Waals surface area contributed by atoms with E-state index in [0.29, 0.717) is 0 Å². The van der Waals surface area contributed by atoms with Gasteiger partial charge in [0, 0.05) is 0 Å². The second-order valence-electron chi connectivity index (χ2n) is 3.43. The van der Waals surface area contributed by atoms with Crippen LogP contribution in [0.15, 0.2) is 24.3 Å². The summed E-state index contributed by atoms with van der Waals surface area (Å²) in [5.41, 5.74) is 4.64. The van der Waals surface area contributed by atoms with Gasteiger partial charge in [-0.2, -0.15) is 13.2 Å². The van der Waals surface area contributed by atoms with Gasteiger partial charge in [0.1, 0.15) is 0 Å². The number of aliphatic carboxylic acids is 1. The Bertz CT molecular complexity index is 402. The molecule has 0 radical (unpaired) electrons. The van der Waals surface area contributed by atoms with Crippen LogP contribution in [0.25, 0.3) is 0 Å². The lowest BCUT2D eigenvalue weighted by molar-refractivity contribution is -0.147. The van der Waals surface area contributed by atoms with E-state index >= 15 is 0 Å². The summed E-state index contributed by atoms with van der Waals surface area (Å²) >= 11 is 0. The average molecular weight is 249 g/mol. The molecule has 0 spiro atoms. The molecule has 0 aliphatic heterocycles. The standard InChI is InChI=1S/C10H10F3NO3/c11-10(12,13)6-3-1-5(2-4-6)7(14)8(15)9(16)17/h1-4,7-8,15H,14H2,(H,16,17). The molecular weight excluding hydrogens is 239 g/mol. The van der Waals surface area contributed by atoms with Crippen molar-refractivity contribution in [2.75, 3.05) is 0 Å². The highest BCUT2D eigenvalue weighted by Crippen LogP contribution is 2.29. The Hall–Kier alpha value is -1.60. The summed E-state index contributed by atoms with van der Waals surface area (Å²) < 4.78 is 36.7. The molecule has 2 unspecified atom stereocenters. The molecular formula is C10H10F3NO3. The Balaban J connectivity index is 2.92. The largest absolute Gasteiger partial charge is 0.479 e. The summed E-state index contributed by atoms with van der Waals surface area (Å²) in [6.45, 7) is 0. The van der Waals surface area contributed by atoms with Crippen molar-refractivity contribution in [1.82, 2.24) is 0 Å². The number of carboxylic acids is 1. The van der Waals surface area contributed by atoms with Crippen LogP contribution in [0.4, 0.5) is 13.2 Å². The topological polar surface area (TPSA) is 83.5 Å². The van der Waals surface area contributed by atoms with Crippen LogP contribution in [0.5, 0.6) is 0 Å². The lowest BCUT2D eigenvalue weighted by atomic mass is 10.0. The predicted molar refractivity (Wildman–Crippen MR) is 52.0 cm³/mol. The lowest BCUT2D eigenvalue weighted by Crippen LogP contribution is -2.33. The minimum Gasteiger partial charge on any atom is -0.479 e. The van der Waals surface area contributed by atoms with E-state index in [2.05, 4.69) is 0 Å². The van der Waals surface area contributed by atoms with Crippen molar-refractivity contribution in [3.63, 3.8) is 0 Å². The van der Waals surface area contributed by atoms with Gasteiger partial charge in [0.25, 0.3) is 0 Å². The smallest absolute Gasteiger partial charge is 0.416 e. The maximum Gasteiger partial charge on any atom is 0.416 e. The van der Waals surface area contributed by atoms with E-state index in [0.717, 1.165) is 24.3 Å². The van der Waals surface area contributed by atoms with Crippen molar-refractivity contribution in [2.24, 2.45) is 5.73 Å². The van der Waals surface area contributed by atoms with Crippen LogP contribution in [-0.4, -0.2) is 22.3 Å². The number of halogens is 3. The highest BCUT2D eigenvalue weighted by molar-refractivity contribution is 5.73. The highest BCUT2D eigenvalue weighted by atomic mass is 19.4. The zero-order valence-electron chi connectivity index (χ0n) is 8.48. The molecule has 0 amide bonds. The number of alkyl halides is 3. The van der Waals surface area contributed by atoms with E-state index in [9.17, 15) is 18.0 Å². The Morgan fingerprint density at radius 3 is 2.06 bits per heavy atom. The molecule has 0 fully saturated rings. The van der Waals surface area contributed by atoms with Crippen molar-refractivity contribution in [2.45, 2.75) is 18.3 Å². The van der Waals surface area contributed by atoms with E-state index in [-0.39, 0.29) is 5.56 Å². The van der Waals surface area contributed by atoms with Gasteiger partial charge in [-0.05, 0) is 17.7 Å². The summed E-state index contributed by atoms with van der Waals surface area (Å²) in [7, 11) is 0. The van der Waals surface area contributed by atoms with Gasteiger partial charge in [0.2, 0.25) is 0 Å². The summed E-state index contributed by atoms with van der Waals surface area (Å²) in [5.74, 6) is -1.53. The van der Waals surface area contributed by atoms with Crippen LogP contribution in [-0.2, 0) is 11.0 Å². The number of rotatable bonds is 3. The fourth-order valence-electron chi connectivity index (χ4n) is 1.23. The number of aliphatic hydroxyl groups excluding tert-OH is 1. The molecule has 1 rings (SSSR count). The molecule has 0 bridgehead atoms. The molecule has 17 heavy (non-hydrogen) atoms. The van der Waals surface area contributed by atoms with Crippen LogP contribution in [0.1, 0.15) is 17.2 Å². The fraction of sp³-hybridized carbons (Fsp3) is 0.300. The van der Waals surface area contributed by atoms with Crippen LogP contribution >= 0.6 is 0 Å². The summed E-state index contributed by atoms with van der Waals surface area (Å²) in [4.78, 5) is 10.4. The van der Waals surface area contributed by atoms with E-state index in [1.807, 2.05) is 0 Å². The third-order valence-electron chi connectivity index (χ3n) is 2.22. The summed E-state index contributed by atoms with van der Waals surface area (Å²) in [6, 6.07) is 2.38. The zero-order chi connectivity index (χ0) is 13.2. The first-order valence-corrected chi connectivity index (χ1v) is 4.57. The number of nitrogens with two attached hydrogens (primary N) is 1. The van der Waals surface area contributed by atoms with E-state index in [1.165, 1.54) is 0 Å². The Morgan fingerprint density at radius 2 is 1.71 bits per heavy atom. The van der Waals surface area contributed by atoms with E-state index in [4.69, 9.17) is 15.9 Å². The first-order valence-electron chi connectivity index (χ1n) is 4.57. The van der Waals surface area contributed by atoms with Crippen LogP contribution in [0.3, 0.4) is 0 Å². The monoisotopic (exact) mass is 249 g/mol. The fourth-order valence-corrected chi connectivity index (χ4v) is 1.23. The molecule has 0 saturated heterocycles. The van der Waals surface area contributed by atoms with Gasteiger partial charge in [0.05, 0.1) is 11.6 Å². The van der Waals surface area contributed by atoms with Crippen molar-refractivity contribution < 1.29 is 28.2 Å². The van der Waals surface area contributed by atoms with E-state index in [1.54, 1.807) is 0 Å². The molecule has 2 atom stereocenters. The second-order valence-corrected chi connectivity index (χ2v) is 3.43. The highest BCUT2D eigenvalue weighted by Gasteiger charge is 2.31. The second kappa shape index (κ2) is 4.72. The third kappa shape index (κ3) is 3.18. The van der Waals surface area contributed by atoms with E-state index < -0.39 is 29.9 Å². The Kier molecular flexibility index (Phi) is 3.74. The molecule has 94 valence electrons. The number of hydrogen-bond acceptors (Lipinski definition) is 3. The normalized spacial score (nSPS) is 15.4.